The molecule has 2 aromatic carbocycles. The molecule has 1 aliphatic heterocycles. The molecule has 8 heteroatoms. The molecule has 6 nitrogen and oxygen atoms in total. The van der Waals surface area contributed by atoms with Crippen LogP contribution in [0.3, 0.4) is 0 Å². The highest BCUT2D eigenvalue weighted by Gasteiger charge is 2.28. The Morgan fingerprint density at radius 1 is 1.17 bits per heavy atom. The lowest BCUT2D eigenvalue weighted by Crippen LogP contribution is -2.13. The van der Waals surface area contributed by atoms with E-state index in [0.717, 1.165) is 12.0 Å². The van der Waals surface area contributed by atoms with Gasteiger partial charge in [-0.2, -0.15) is 5.10 Å². The summed E-state index contributed by atoms with van der Waals surface area (Å²) in [5.74, 6) is 1.46. The molecule has 1 aliphatic rings. The smallest absolute Gasteiger partial charge is 0.276 e. The van der Waals surface area contributed by atoms with Gasteiger partial charge in [-0.1, -0.05) is 37.0 Å². The topological polar surface area (TPSA) is 72.3 Å². The van der Waals surface area contributed by atoms with Crippen molar-refractivity contribution < 1.29 is 14.3 Å². The third kappa shape index (κ3) is 5.08. The summed E-state index contributed by atoms with van der Waals surface area (Å²) in [5.41, 5.74) is 1.92. The Morgan fingerprint density at radius 2 is 1.97 bits per heavy atom. The van der Waals surface area contributed by atoms with Crippen LogP contribution in [-0.4, -0.2) is 31.6 Å². The van der Waals surface area contributed by atoms with E-state index in [1.165, 1.54) is 6.21 Å². The fourth-order valence-electron chi connectivity index (χ4n) is 2.72. The first-order valence-corrected chi connectivity index (χ1v) is 9.87. The second-order valence-corrected chi connectivity index (χ2v) is 7.74. The first-order valence-electron chi connectivity index (χ1n) is 9.11. The molecule has 0 aliphatic carbocycles. The summed E-state index contributed by atoms with van der Waals surface area (Å²) in [6.07, 6.45) is 2.49. The molecule has 0 bridgehead atoms. The Bertz CT molecular complexity index is 987. The maximum Gasteiger partial charge on any atom is 0.276 e. The number of rotatable bonds is 7. The maximum absolute atomic E-state index is 12.2. The largest absolute Gasteiger partial charge is 0.493 e. The monoisotopic (exact) mass is 433 g/mol. The van der Waals surface area contributed by atoms with E-state index < -0.39 is 0 Å². The number of carbonyl (C=O) groups excluding carboxylic acids is 1. The van der Waals surface area contributed by atoms with E-state index in [1.807, 2.05) is 12.1 Å². The number of ether oxygens (including phenoxy) is 2. The molecule has 1 heterocycles. The quantitative estimate of drug-likeness (QED) is 0.481. The standard InChI is InChI=1S/C21H21Cl2N3O3/c1-12(2)6-7-29-17-5-4-13(8-18(17)28-3)11-24-26-20-15-9-14(22)10-16(23)19(15)25-21(20)27/h4-5,8-12H,6-7H2,1-3H3,(H,25,26,27)/b24-11+. The number of amides is 1. The van der Waals surface area contributed by atoms with E-state index in [9.17, 15) is 4.79 Å². The number of nitrogens with zero attached hydrogens (tertiary/aromatic N) is 2. The van der Waals surface area contributed by atoms with Crippen molar-refractivity contribution in [3.63, 3.8) is 0 Å². The minimum Gasteiger partial charge on any atom is -0.493 e. The molecule has 1 amide bonds. The van der Waals surface area contributed by atoms with Crippen LogP contribution in [0.25, 0.3) is 0 Å². The van der Waals surface area contributed by atoms with Gasteiger partial charge in [0.25, 0.3) is 5.91 Å². The van der Waals surface area contributed by atoms with Gasteiger partial charge >= 0.3 is 0 Å². The van der Waals surface area contributed by atoms with Crippen LogP contribution < -0.4 is 14.8 Å². The number of benzene rings is 2. The zero-order valence-electron chi connectivity index (χ0n) is 16.3. The predicted octanol–water partition coefficient (Wildman–Crippen LogP) is 5.20. The number of methoxy groups -OCH3 is 1. The molecule has 2 aromatic rings. The molecule has 0 fully saturated rings. The van der Waals surface area contributed by atoms with Crippen LogP contribution in [0.15, 0.2) is 40.5 Å². The normalized spacial score (nSPS) is 14.6. The summed E-state index contributed by atoms with van der Waals surface area (Å²) in [6.45, 7) is 4.91. The lowest BCUT2D eigenvalue weighted by molar-refractivity contribution is -0.110. The predicted molar refractivity (Wildman–Crippen MR) is 117 cm³/mol. The Balaban J connectivity index is 1.78. The summed E-state index contributed by atoms with van der Waals surface area (Å²) < 4.78 is 11.2. The SMILES string of the molecule is COc1cc(/C=N/N=C2/C(=O)Nc3c(Cl)cc(Cl)cc32)ccc1OCCC(C)C. The Kier molecular flexibility index (Phi) is 6.77. The molecule has 0 unspecified atom stereocenters. The van der Waals surface area contributed by atoms with Gasteiger partial charge in [-0.05, 0) is 48.2 Å². The van der Waals surface area contributed by atoms with Crippen LogP contribution in [-0.2, 0) is 4.79 Å². The molecule has 0 saturated heterocycles. The number of hydrogen-bond donors (Lipinski definition) is 1. The van der Waals surface area contributed by atoms with Gasteiger partial charge in [0.15, 0.2) is 17.2 Å². The highest BCUT2D eigenvalue weighted by atomic mass is 35.5. The first-order chi connectivity index (χ1) is 13.9. The van der Waals surface area contributed by atoms with Crippen LogP contribution in [0.2, 0.25) is 10.0 Å². The molecule has 0 radical (unpaired) electrons. The fourth-order valence-corrected chi connectivity index (χ4v) is 3.26. The minimum atomic E-state index is -0.382. The summed E-state index contributed by atoms with van der Waals surface area (Å²) in [7, 11) is 1.58. The highest BCUT2D eigenvalue weighted by molar-refractivity contribution is 6.56. The summed E-state index contributed by atoms with van der Waals surface area (Å²) in [4.78, 5) is 12.2. The average Bonchev–Trinajstić information content (AvgIpc) is 2.98. The zero-order valence-corrected chi connectivity index (χ0v) is 17.8. The van der Waals surface area contributed by atoms with E-state index >= 15 is 0 Å². The van der Waals surface area contributed by atoms with Crippen molar-refractivity contribution in [2.75, 3.05) is 19.0 Å². The highest BCUT2D eigenvalue weighted by Crippen LogP contribution is 2.34. The second-order valence-electron chi connectivity index (χ2n) is 6.90. The molecule has 0 saturated carbocycles. The Labute approximate surface area is 179 Å². The number of hydrogen-bond acceptors (Lipinski definition) is 5. The average molecular weight is 434 g/mol. The van der Waals surface area contributed by atoms with Crippen molar-refractivity contribution >= 4 is 46.7 Å². The van der Waals surface area contributed by atoms with Gasteiger partial charge in [0.1, 0.15) is 0 Å². The van der Waals surface area contributed by atoms with Gasteiger partial charge in [-0.25, -0.2) is 0 Å². The van der Waals surface area contributed by atoms with E-state index in [0.29, 0.717) is 45.3 Å². The molecular formula is C21H21Cl2N3O3. The summed E-state index contributed by atoms with van der Waals surface area (Å²) >= 11 is 12.1. The third-order valence-corrected chi connectivity index (χ3v) is 4.79. The lowest BCUT2D eigenvalue weighted by atomic mass is 10.1. The number of fused-ring (bicyclic) bond motifs is 1. The van der Waals surface area contributed by atoms with E-state index in [1.54, 1.807) is 25.3 Å². The van der Waals surface area contributed by atoms with Crippen molar-refractivity contribution in [2.45, 2.75) is 20.3 Å². The van der Waals surface area contributed by atoms with Gasteiger partial charge in [0.2, 0.25) is 0 Å². The number of halogens is 2. The van der Waals surface area contributed by atoms with Gasteiger partial charge in [0, 0.05) is 10.6 Å². The first kappa shape index (κ1) is 21.1. The van der Waals surface area contributed by atoms with Crippen LogP contribution >= 0.6 is 23.2 Å². The van der Waals surface area contributed by atoms with Crippen molar-refractivity contribution in [3.8, 4) is 11.5 Å². The number of carbonyl (C=O) groups is 1. The van der Waals surface area contributed by atoms with Crippen LogP contribution in [0.1, 0.15) is 31.4 Å². The molecule has 3 rings (SSSR count). The minimum absolute atomic E-state index is 0.154. The lowest BCUT2D eigenvalue weighted by Gasteiger charge is -2.12. The van der Waals surface area contributed by atoms with Crippen molar-refractivity contribution in [2.24, 2.45) is 16.1 Å². The molecule has 0 atom stereocenters. The van der Waals surface area contributed by atoms with Gasteiger partial charge in [0.05, 0.1) is 30.6 Å². The third-order valence-electron chi connectivity index (χ3n) is 4.27. The zero-order chi connectivity index (χ0) is 21.0. The van der Waals surface area contributed by atoms with Crippen molar-refractivity contribution in [1.82, 2.24) is 0 Å². The molecular weight excluding hydrogens is 413 g/mol. The molecule has 152 valence electrons. The second kappa shape index (κ2) is 9.29. The van der Waals surface area contributed by atoms with Crippen LogP contribution in [0.5, 0.6) is 11.5 Å². The van der Waals surface area contributed by atoms with Crippen LogP contribution in [0, 0.1) is 5.92 Å². The van der Waals surface area contributed by atoms with Crippen molar-refractivity contribution in [3.05, 3.63) is 51.5 Å². The Hall–Kier alpha value is -2.57. The van der Waals surface area contributed by atoms with E-state index in [4.69, 9.17) is 32.7 Å². The van der Waals surface area contributed by atoms with E-state index in [-0.39, 0.29) is 11.6 Å². The maximum atomic E-state index is 12.2. The van der Waals surface area contributed by atoms with Gasteiger partial charge < -0.3 is 14.8 Å². The molecule has 1 N–H and O–H groups in total. The fraction of sp³-hybridized carbons (Fsp3) is 0.286. The number of anilines is 1. The molecule has 0 spiro atoms. The van der Waals surface area contributed by atoms with Crippen LogP contribution in [0.4, 0.5) is 5.69 Å². The Morgan fingerprint density at radius 3 is 2.69 bits per heavy atom. The van der Waals surface area contributed by atoms with Gasteiger partial charge in [-0.15, -0.1) is 5.10 Å². The van der Waals surface area contributed by atoms with E-state index in [2.05, 4.69) is 29.4 Å². The van der Waals surface area contributed by atoms with Crippen molar-refractivity contribution in [1.29, 1.82) is 0 Å². The van der Waals surface area contributed by atoms with Gasteiger partial charge in [-0.3, -0.25) is 4.79 Å². The summed E-state index contributed by atoms with van der Waals surface area (Å²) in [5, 5.41) is 11.5. The summed E-state index contributed by atoms with van der Waals surface area (Å²) in [6, 6.07) is 8.65. The molecule has 29 heavy (non-hydrogen) atoms. The molecule has 0 aromatic heterocycles. The number of nitrogens with one attached hydrogen (secondary N) is 1.